The standard InChI is InChI=1S/C78H119N9O16/c1-16-52(8)71(64(100-14)47-68(94)86-38-24-28-60(86)72(101-15)53(9)61(88)45-57(75(97)103-78(10,11)12)43-54-25-19-17-20-26-54)83(13)74(96)59(49(2)3)46-63(90)70(51(6)7)84-39-41-85(42-40-84)77(99)102-48-55-30-32-58(33-31-55)81-73(95)56(27-23-36-80-76(79)98)44-62(89)69(50(4)5)82-65(91)29-21-18-22-37-87-66(92)34-35-67(87)93/h17,19-20,25-26,30-35,49-53,56-57,59-60,64,69-72H,16,18,21-24,27-29,36-48H2,1-15H3,(H,81,95)(H,82,91)(H3,79,80,98)/t52-,53-,56+,57+,59-,60-,64?,69-,70-,71-,72+/m0/s1. The summed E-state index contributed by atoms with van der Waals surface area (Å²) in [5.74, 6) is -6.64. The molecule has 0 bridgehead atoms. The number of amides is 9. The van der Waals surface area contributed by atoms with Gasteiger partial charge in [-0.2, -0.15) is 0 Å². The molecule has 2 saturated heterocycles. The first-order valence-electron chi connectivity index (χ1n) is 37.1. The van der Waals surface area contributed by atoms with E-state index >= 15 is 4.79 Å². The van der Waals surface area contributed by atoms with Gasteiger partial charge in [0, 0.05) is 128 Å². The van der Waals surface area contributed by atoms with E-state index in [1.54, 1.807) is 102 Å². The molecule has 25 nitrogen and oxygen atoms in total. The van der Waals surface area contributed by atoms with Crippen LogP contribution in [0.15, 0.2) is 66.7 Å². The number of benzene rings is 2. The summed E-state index contributed by atoms with van der Waals surface area (Å²) in [6, 6.07) is 13.1. The lowest BCUT2D eigenvalue weighted by molar-refractivity contribution is -0.161. The van der Waals surface area contributed by atoms with Crippen LogP contribution < -0.4 is 21.7 Å². The Bertz CT molecular complexity index is 3180. The first-order valence-corrected chi connectivity index (χ1v) is 37.1. The first-order chi connectivity index (χ1) is 48.7. The maximum Gasteiger partial charge on any atom is 0.410 e. The van der Waals surface area contributed by atoms with Crippen molar-refractivity contribution in [2.45, 2.75) is 222 Å². The number of esters is 1. The van der Waals surface area contributed by atoms with Crippen molar-refractivity contribution >= 4 is 76.6 Å². The number of ketones is 3. The van der Waals surface area contributed by atoms with Crippen molar-refractivity contribution in [3.8, 4) is 0 Å². The van der Waals surface area contributed by atoms with Gasteiger partial charge in [-0.15, -0.1) is 0 Å². The highest BCUT2D eigenvalue weighted by Gasteiger charge is 2.45. The second kappa shape index (κ2) is 41.6. The molecule has 572 valence electrons. The number of Topliss-reactive ketones (excluding diaryl/α,β-unsaturated/α-hetero) is 3. The zero-order chi connectivity index (χ0) is 76.4. The van der Waals surface area contributed by atoms with Crippen LogP contribution in [0.2, 0.25) is 0 Å². The molecule has 3 aliphatic heterocycles. The molecule has 103 heavy (non-hydrogen) atoms. The summed E-state index contributed by atoms with van der Waals surface area (Å²) in [4.78, 5) is 170. The summed E-state index contributed by atoms with van der Waals surface area (Å²) in [5.41, 5.74) is 6.49. The van der Waals surface area contributed by atoms with E-state index in [0.717, 1.165) is 10.5 Å². The van der Waals surface area contributed by atoms with Crippen LogP contribution in [0.25, 0.3) is 0 Å². The molecule has 9 amide bonds. The first kappa shape index (κ1) is 85.7. The fraction of sp³-hybridized carbons (Fsp3) is 0.667. The third kappa shape index (κ3) is 26.3. The van der Waals surface area contributed by atoms with E-state index in [2.05, 4.69) is 20.9 Å². The Morgan fingerprint density at radius 3 is 1.91 bits per heavy atom. The number of piperazine rings is 1. The normalized spacial score (nSPS) is 18.0. The van der Waals surface area contributed by atoms with E-state index in [-0.39, 0.29) is 142 Å². The number of rotatable bonds is 42. The maximum absolute atomic E-state index is 15.0. The molecule has 5 rings (SSSR count). The average molecular weight is 1440 g/mol. The van der Waals surface area contributed by atoms with Crippen molar-refractivity contribution in [3.05, 3.63) is 77.9 Å². The maximum atomic E-state index is 15.0. The minimum absolute atomic E-state index is 0.0245. The van der Waals surface area contributed by atoms with Crippen LogP contribution in [0.3, 0.4) is 0 Å². The molecular formula is C78H119N9O16. The second-order valence-electron chi connectivity index (χ2n) is 30.2. The molecule has 25 heteroatoms. The lowest BCUT2D eigenvalue weighted by atomic mass is 9.83. The van der Waals surface area contributed by atoms with Gasteiger partial charge in [0.1, 0.15) is 18.0 Å². The molecule has 2 aromatic carbocycles. The van der Waals surface area contributed by atoms with Crippen molar-refractivity contribution in [2.75, 3.05) is 72.4 Å². The van der Waals surface area contributed by atoms with Gasteiger partial charge in [0.2, 0.25) is 23.6 Å². The Morgan fingerprint density at radius 2 is 1.34 bits per heavy atom. The van der Waals surface area contributed by atoms with Gasteiger partial charge in [0.05, 0.1) is 48.7 Å². The molecule has 3 heterocycles. The molecule has 0 spiro atoms. The summed E-state index contributed by atoms with van der Waals surface area (Å²) in [5, 5.41) is 8.23. The van der Waals surface area contributed by atoms with Gasteiger partial charge in [-0.3, -0.25) is 57.7 Å². The number of likely N-dealkylation sites (tertiary alicyclic amines) is 1. The van der Waals surface area contributed by atoms with Gasteiger partial charge in [0.25, 0.3) is 11.8 Å². The van der Waals surface area contributed by atoms with E-state index in [4.69, 9.17) is 24.7 Å². The molecule has 1 unspecified atom stereocenters. The van der Waals surface area contributed by atoms with Gasteiger partial charge < -0.3 is 55.3 Å². The van der Waals surface area contributed by atoms with Crippen LogP contribution >= 0.6 is 0 Å². The fourth-order valence-electron chi connectivity index (χ4n) is 14.3. The number of nitrogens with zero attached hydrogens (tertiary/aromatic N) is 5. The summed E-state index contributed by atoms with van der Waals surface area (Å²) in [6.07, 6.45) is 4.77. The summed E-state index contributed by atoms with van der Waals surface area (Å²) >= 11 is 0. The molecule has 0 aromatic heterocycles. The molecule has 2 aromatic rings. The van der Waals surface area contributed by atoms with Crippen LogP contribution in [0.4, 0.5) is 15.3 Å². The summed E-state index contributed by atoms with van der Waals surface area (Å²) in [6.45, 7) is 24.8. The number of carbonyl (C=O) groups excluding carboxylic acids is 12. The highest BCUT2D eigenvalue weighted by Crippen LogP contribution is 2.33. The van der Waals surface area contributed by atoms with Gasteiger partial charge in [-0.1, -0.05) is 118 Å². The Morgan fingerprint density at radius 1 is 0.699 bits per heavy atom. The minimum Gasteiger partial charge on any atom is -0.460 e. The van der Waals surface area contributed by atoms with Crippen LogP contribution in [0.1, 0.15) is 178 Å². The highest BCUT2D eigenvalue weighted by molar-refractivity contribution is 6.12. The molecule has 0 saturated carbocycles. The van der Waals surface area contributed by atoms with E-state index < -0.39 is 89.6 Å². The number of ether oxygens (including phenoxy) is 4. The average Bonchev–Trinajstić information content (AvgIpc) is 1.79. The number of hydrogen-bond donors (Lipinski definition) is 4. The number of likely N-dealkylation sites (N-methyl/N-ethyl adjacent to an activating group) is 1. The number of methoxy groups -OCH3 is 2. The molecule has 2 fully saturated rings. The number of unbranched alkanes of at least 4 members (excludes halogenated alkanes) is 2. The van der Waals surface area contributed by atoms with Crippen molar-refractivity contribution in [3.63, 3.8) is 0 Å². The number of nitrogens with two attached hydrogens (primary N) is 1. The lowest BCUT2D eigenvalue weighted by Crippen LogP contribution is -2.56. The lowest BCUT2D eigenvalue weighted by Gasteiger charge is -2.42. The smallest absolute Gasteiger partial charge is 0.410 e. The van der Waals surface area contributed by atoms with Gasteiger partial charge in [0.15, 0.2) is 11.6 Å². The fourth-order valence-corrected chi connectivity index (χ4v) is 14.3. The molecule has 5 N–H and O–H groups in total. The zero-order valence-electron chi connectivity index (χ0n) is 63.8. The Balaban J connectivity index is 1.15. The zero-order valence-corrected chi connectivity index (χ0v) is 63.8. The van der Waals surface area contributed by atoms with E-state index in [0.29, 0.717) is 82.3 Å². The number of hydrogen-bond acceptors (Lipinski definition) is 17. The Hall–Kier alpha value is -7.90. The van der Waals surface area contributed by atoms with Crippen molar-refractivity contribution < 1.29 is 76.5 Å². The summed E-state index contributed by atoms with van der Waals surface area (Å²) in [7, 11) is 4.82. The predicted molar refractivity (Wildman–Crippen MR) is 391 cm³/mol. The van der Waals surface area contributed by atoms with Gasteiger partial charge in [-0.25, -0.2) is 9.59 Å². The van der Waals surface area contributed by atoms with E-state index in [1.165, 1.54) is 12.2 Å². The molecule has 0 radical (unpaired) electrons. The third-order valence-electron chi connectivity index (χ3n) is 20.3. The molecular weight excluding hydrogens is 1320 g/mol. The van der Waals surface area contributed by atoms with Gasteiger partial charge in [-0.05, 0) is 113 Å². The molecule has 0 aliphatic carbocycles. The van der Waals surface area contributed by atoms with Crippen LogP contribution in [0.5, 0.6) is 0 Å². The third-order valence-corrected chi connectivity index (χ3v) is 20.3. The monoisotopic (exact) mass is 1440 g/mol. The van der Waals surface area contributed by atoms with Gasteiger partial charge >= 0.3 is 18.1 Å². The number of anilines is 1. The Kier molecular flexibility index (Phi) is 34.6. The van der Waals surface area contributed by atoms with Crippen molar-refractivity contribution in [1.29, 1.82) is 0 Å². The topological polar surface area (TPSA) is 320 Å². The number of urea groups is 1. The van der Waals surface area contributed by atoms with Crippen LogP contribution in [-0.2, 0) is 79.9 Å². The van der Waals surface area contributed by atoms with Crippen LogP contribution in [0, 0.1) is 47.3 Å². The Labute approximate surface area is 610 Å². The quantitative estimate of drug-likeness (QED) is 0.0274. The van der Waals surface area contributed by atoms with Crippen molar-refractivity contribution in [2.24, 2.45) is 53.1 Å². The number of imide groups is 1. The van der Waals surface area contributed by atoms with Crippen LogP contribution in [-0.4, -0.2) is 204 Å². The SMILES string of the molecule is CC[C@H](C)[C@@H](C(CC(=O)N1CCC[C@H]1[C@H](OC)[C@@H](C)C(=O)C[C@@H](Cc1ccccc1)C(=O)OC(C)(C)C)OC)N(C)C(=O)[C@@H](CC(=O)[C@H](C(C)C)N1CCN(C(=O)OCc2ccc(NC(=O)[C@H](CCCNC(N)=O)CC(=O)[C@@H](NC(=O)CCCCCN3C(=O)C=CC3=O)C(C)C)cc2)CC1)C(C)C. The molecule has 3 aliphatic rings. The minimum atomic E-state index is -0.874. The number of nitrogens with one attached hydrogen (secondary N) is 3. The largest absolute Gasteiger partial charge is 0.460 e. The second-order valence-corrected chi connectivity index (χ2v) is 30.2. The van der Waals surface area contributed by atoms with Crippen molar-refractivity contribution in [1.82, 2.24) is 35.1 Å². The summed E-state index contributed by atoms with van der Waals surface area (Å²) < 4.78 is 23.8. The highest BCUT2D eigenvalue weighted by atomic mass is 16.6. The van der Waals surface area contributed by atoms with E-state index in [9.17, 15) is 52.7 Å². The number of carbonyl (C=O) groups is 12. The molecule has 11 atom stereocenters. The number of primary amides is 1. The predicted octanol–water partition coefficient (Wildman–Crippen LogP) is 8.87. The van der Waals surface area contributed by atoms with E-state index in [1.807, 2.05) is 71.9 Å².